The summed E-state index contributed by atoms with van der Waals surface area (Å²) < 4.78 is 11.4. The van der Waals surface area contributed by atoms with E-state index in [1.54, 1.807) is 0 Å². The maximum atomic E-state index is 13.0. The molecule has 5 heteroatoms. The van der Waals surface area contributed by atoms with Gasteiger partial charge in [0.2, 0.25) is 0 Å². The Morgan fingerprint density at radius 1 is 1.13 bits per heavy atom. The number of carbonyl (C=O) groups is 2. The topological polar surface area (TPSA) is 55.8 Å². The van der Waals surface area contributed by atoms with Gasteiger partial charge in [-0.25, -0.2) is 0 Å². The molecule has 2 aliphatic rings. The van der Waals surface area contributed by atoms with Crippen LogP contribution in [0.3, 0.4) is 0 Å². The van der Waals surface area contributed by atoms with E-state index in [4.69, 9.17) is 9.47 Å². The van der Waals surface area contributed by atoms with Gasteiger partial charge in [0.1, 0.15) is 11.5 Å². The number of amides is 1. The Bertz CT molecular complexity index is 950. The molecule has 158 valence electrons. The SMILES string of the molecule is CCOc1ccc(C2CCCN2C(=O)COc2ccc(C)c3c2C(=O)CC3C)cc1. The maximum Gasteiger partial charge on any atom is 0.261 e. The Morgan fingerprint density at radius 2 is 1.90 bits per heavy atom. The molecule has 0 saturated carbocycles. The number of fused-ring (bicyclic) bond motifs is 1. The Balaban J connectivity index is 1.46. The molecule has 4 rings (SSSR count). The molecule has 30 heavy (non-hydrogen) atoms. The summed E-state index contributed by atoms with van der Waals surface area (Å²) in [4.78, 5) is 27.3. The predicted molar refractivity (Wildman–Crippen MR) is 115 cm³/mol. The summed E-state index contributed by atoms with van der Waals surface area (Å²) in [5.41, 5.74) is 3.96. The van der Waals surface area contributed by atoms with E-state index >= 15 is 0 Å². The van der Waals surface area contributed by atoms with E-state index in [2.05, 4.69) is 6.92 Å². The van der Waals surface area contributed by atoms with E-state index in [-0.39, 0.29) is 30.3 Å². The minimum absolute atomic E-state index is 0.0424. The molecular formula is C25H29NO4. The molecule has 1 aliphatic carbocycles. The molecule has 1 fully saturated rings. The zero-order valence-corrected chi connectivity index (χ0v) is 17.9. The number of ketones is 1. The molecule has 2 unspecified atom stereocenters. The summed E-state index contributed by atoms with van der Waals surface area (Å²) in [5.74, 6) is 1.65. The van der Waals surface area contributed by atoms with Crippen molar-refractivity contribution in [2.24, 2.45) is 0 Å². The normalized spacial score (nSPS) is 20.4. The van der Waals surface area contributed by atoms with Crippen LogP contribution in [0, 0.1) is 6.92 Å². The van der Waals surface area contributed by atoms with E-state index in [0.29, 0.717) is 24.3 Å². The first-order valence-corrected chi connectivity index (χ1v) is 10.8. The molecule has 0 spiro atoms. The van der Waals surface area contributed by atoms with Crippen LogP contribution in [-0.4, -0.2) is 36.3 Å². The largest absolute Gasteiger partial charge is 0.494 e. The average molecular weight is 408 g/mol. The van der Waals surface area contributed by atoms with Crippen LogP contribution in [0.4, 0.5) is 0 Å². The lowest BCUT2D eigenvalue weighted by Gasteiger charge is -2.25. The second-order valence-corrected chi connectivity index (χ2v) is 8.23. The summed E-state index contributed by atoms with van der Waals surface area (Å²) in [5, 5.41) is 0. The summed E-state index contributed by atoms with van der Waals surface area (Å²) in [7, 11) is 0. The molecule has 1 heterocycles. The van der Waals surface area contributed by atoms with Crippen LogP contribution in [0.5, 0.6) is 11.5 Å². The van der Waals surface area contributed by atoms with Gasteiger partial charge in [-0.2, -0.15) is 0 Å². The van der Waals surface area contributed by atoms with Crippen LogP contribution in [0.1, 0.15) is 72.1 Å². The molecule has 2 aromatic carbocycles. The smallest absolute Gasteiger partial charge is 0.261 e. The molecule has 1 saturated heterocycles. The minimum Gasteiger partial charge on any atom is -0.494 e. The van der Waals surface area contributed by atoms with Crippen LogP contribution < -0.4 is 9.47 Å². The molecule has 1 aliphatic heterocycles. The molecule has 5 nitrogen and oxygen atoms in total. The van der Waals surface area contributed by atoms with Gasteiger partial charge in [-0.15, -0.1) is 0 Å². The van der Waals surface area contributed by atoms with Gasteiger partial charge in [0.05, 0.1) is 18.2 Å². The number of nitrogens with zero attached hydrogens (tertiary/aromatic N) is 1. The van der Waals surface area contributed by atoms with Crippen LogP contribution in [0.15, 0.2) is 36.4 Å². The molecule has 0 radical (unpaired) electrons. The number of likely N-dealkylation sites (tertiary alicyclic amines) is 1. The zero-order chi connectivity index (χ0) is 21.3. The zero-order valence-electron chi connectivity index (χ0n) is 17.9. The van der Waals surface area contributed by atoms with E-state index < -0.39 is 0 Å². The van der Waals surface area contributed by atoms with Crippen LogP contribution in [-0.2, 0) is 4.79 Å². The fourth-order valence-corrected chi connectivity index (χ4v) is 4.82. The van der Waals surface area contributed by atoms with E-state index in [0.717, 1.165) is 41.8 Å². The fraction of sp³-hybridized carbons (Fsp3) is 0.440. The Morgan fingerprint density at radius 3 is 2.63 bits per heavy atom. The molecule has 2 atom stereocenters. The van der Waals surface area contributed by atoms with Crippen LogP contribution in [0.25, 0.3) is 0 Å². The molecule has 0 N–H and O–H groups in total. The molecule has 2 aromatic rings. The number of Topliss-reactive ketones (excluding diaryl/α,β-unsaturated/α-hetero) is 1. The second-order valence-electron chi connectivity index (χ2n) is 8.23. The van der Waals surface area contributed by atoms with E-state index in [9.17, 15) is 9.59 Å². The highest BCUT2D eigenvalue weighted by molar-refractivity contribution is 6.04. The van der Waals surface area contributed by atoms with Gasteiger partial charge in [0.15, 0.2) is 12.4 Å². The Hall–Kier alpha value is -2.82. The minimum atomic E-state index is -0.0509. The summed E-state index contributed by atoms with van der Waals surface area (Å²) in [6.07, 6.45) is 2.42. The monoisotopic (exact) mass is 407 g/mol. The summed E-state index contributed by atoms with van der Waals surface area (Å²) in [6, 6.07) is 11.8. The highest BCUT2D eigenvalue weighted by Crippen LogP contribution is 2.40. The van der Waals surface area contributed by atoms with E-state index in [1.165, 1.54) is 0 Å². The highest BCUT2D eigenvalue weighted by atomic mass is 16.5. The van der Waals surface area contributed by atoms with Gasteiger partial charge in [-0.1, -0.05) is 25.1 Å². The number of carbonyl (C=O) groups excluding carboxylic acids is 2. The lowest BCUT2D eigenvalue weighted by atomic mass is 9.97. The van der Waals surface area contributed by atoms with Crippen molar-refractivity contribution in [1.82, 2.24) is 4.90 Å². The van der Waals surface area contributed by atoms with Crippen molar-refractivity contribution in [1.29, 1.82) is 0 Å². The number of aryl methyl sites for hydroxylation is 1. The quantitative estimate of drug-likeness (QED) is 0.688. The van der Waals surface area contributed by atoms with Gasteiger partial charge in [-0.05, 0) is 67.5 Å². The number of rotatable bonds is 6. The van der Waals surface area contributed by atoms with Gasteiger partial charge < -0.3 is 14.4 Å². The third-order valence-electron chi connectivity index (χ3n) is 6.19. The first-order valence-electron chi connectivity index (χ1n) is 10.8. The van der Waals surface area contributed by atoms with Gasteiger partial charge in [0.25, 0.3) is 5.91 Å². The van der Waals surface area contributed by atoms with Crippen molar-refractivity contribution in [3.8, 4) is 11.5 Å². The van der Waals surface area contributed by atoms with Gasteiger partial charge >= 0.3 is 0 Å². The first-order chi connectivity index (χ1) is 14.5. The third kappa shape index (κ3) is 3.81. The lowest BCUT2D eigenvalue weighted by molar-refractivity contribution is -0.134. The summed E-state index contributed by atoms with van der Waals surface area (Å²) >= 11 is 0. The average Bonchev–Trinajstić information content (AvgIpc) is 3.33. The lowest BCUT2D eigenvalue weighted by Crippen LogP contribution is -2.34. The Kier molecular flexibility index (Phi) is 5.80. The summed E-state index contributed by atoms with van der Waals surface area (Å²) in [6.45, 7) is 7.36. The molecule has 1 amide bonds. The van der Waals surface area contributed by atoms with Crippen molar-refractivity contribution >= 4 is 11.7 Å². The van der Waals surface area contributed by atoms with Crippen molar-refractivity contribution in [2.75, 3.05) is 19.8 Å². The standard InChI is InChI=1S/C25H29NO4/c1-4-29-19-10-8-18(9-11-19)20-6-5-13-26(20)23(28)15-30-22-12-7-16(2)24-17(3)14-21(27)25(22)24/h7-12,17,20H,4-6,13-15H2,1-3H3. The van der Waals surface area contributed by atoms with Crippen molar-refractivity contribution in [2.45, 2.75) is 52.0 Å². The number of hydrogen-bond acceptors (Lipinski definition) is 4. The molecule has 0 bridgehead atoms. The second kappa shape index (κ2) is 8.50. The Labute approximate surface area is 178 Å². The fourth-order valence-electron chi connectivity index (χ4n) is 4.82. The van der Waals surface area contributed by atoms with Crippen molar-refractivity contribution in [3.05, 3.63) is 58.7 Å². The van der Waals surface area contributed by atoms with Crippen LogP contribution >= 0.6 is 0 Å². The maximum absolute atomic E-state index is 13.0. The van der Waals surface area contributed by atoms with Crippen molar-refractivity contribution in [3.63, 3.8) is 0 Å². The van der Waals surface area contributed by atoms with Gasteiger partial charge in [-0.3, -0.25) is 9.59 Å². The van der Waals surface area contributed by atoms with Crippen LogP contribution in [0.2, 0.25) is 0 Å². The van der Waals surface area contributed by atoms with Crippen molar-refractivity contribution < 1.29 is 19.1 Å². The third-order valence-corrected chi connectivity index (χ3v) is 6.19. The number of ether oxygens (including phenoxy) is 2. The first kappa shape index (κ1) is 20.5. The van der Waals surface area contributed by atoms with Gasteiger partial charge in [0, 0.05) is 13.0 Å². The molecular weight excluding hydrogens is 378 g/mol. The number of hydrogen-bond donors (Lipinski definition) is 0. The number of benzene rings is 2. The van der Waals surface area contributed by atoms with E-state index in [1.807, 2.05) is 55.1 Å². The highest BCUT2D eigenvalue weighted by Gasteiger charge is 2.33. The predicted octanol–water partition coefficient (Wildman–Crippen LogP) is 4.83. The molecule has 0 aromatic heterocycles.